The predicted molar refractivity (Wildman–Crippen MR) is 113 cm³/mol. The molecule has 0 aromatic rings. The molecular weight excluding hydrogens is 308 g/mol. The van der Waals surface area contributed by atoms with Crippen molar-refractivity contribution in [3.05, 3.63) is 0 Å². The van der Waals surface area contributed by atoms with Crippen LogP contribution < -0.4 is 0 Å². The fourth-order valence-corrected chi connectivity index (χ4v) is 3.33. The Labute approximate surface area is 159 Å². The summed E-state index contributed by atoms with van der Waals surface area (Å²) in [7, 11) is 0. The summed E-state index contributed by atoms with van der Waals surface area (Å²) in [6.45, 7) is 20.7. The van der Waals surface area contributed by atoms with Gasteiger partial charge in [-0.3, -0.25) is 0 Å². The molecule has 0 fully saturated rings. The van der Waals surface area contributed by atoms with Crippen molar-refractivity contribution < 1.29 is 4.74 Å². The van der Waals surface area contributed by atoms with E-state index in [2.05, 4.69) is 51.3 Å². The smallest absolute Gasteiger partial charge is 0.0678 e. The molecule has 3 nitrogen and oxygen atoms in total. The Balaban J connectivity index is 4.29. The Hall–Kier alpha value is -0.120. The molecule has 3 heteroatoms. The Morgan fingerprint density at radius 2 is 0.840 bits per heavy atom. The van der Waals surface area contributed by atoms with E-state index in [1.165, 1.54) is 77.5 Å². The van der Waals surface area contributed by atoms with Crippen LogP contribution in [-0.4, -0.2) is 61.3 Å². The van der Waals surface area contributed by atoms with E-state index in [0.717, 1.165) is 13.1 Å². The minimum atomic E-state index is 0.322. The quantitative estimate of drug-likeness (QED) is 0.319. The highest BCUT2D eigenvalue weighted by Crippen LogP contribution is 2.08. The van der Waals surface area contributed by atoms with E-state index in [4.69, 9.17) is 4.74 Å². The molecule has 0 radical (unpaired) electrons. The lowest BCUT2D eigenvalue weighted by molar-refractivity contribution is -0.0257. The van der Waals surface area contributed by atoms with Crippen LogP contribution in [0.2, 0.25) is 0 Å². The molecule has 0 aromatic carbocycles. The highest BCUT2D eigenvalue weighted by atomic mass is 16.5. The van der Waals surface area contributed by atoms with Crippen molar-refractivity contribution in [2.45, 2.75) is 105 Å². The summed E-state index contributed by atoms with van der Waals surface area (Å²) >= 11 is 0. The first-order chi connectivity index (χ1) is 12.1. The summed E-state index contributed by atoms with van der Waals surface area (Å²) in [6, 6.07) is 0. The first-order valence-electron chi connectivity index (χ1n) is 11.2. The van der Waals surface area contributed by atoms with Crippen LogP contribution in [0.4, 0.5) is 0 Å². The minimum absolute atomic E-state index is 0.322. The average molecular weight is 357 g/mol. The lowest BCUT2D eigenvalue weighted by Crippen LogP contribution is -2.39. The van der Waals surface area contributed by atoms with Gasteiger partial charge >= 0.3 is 0 Å². The molecule has 2 unspecified atom stereocenters. The normalized spacial score (nSPS) is 14.4. The van der Waals surface area contributed by atoms with Crippen LogP contribution >= 0.6 is 0 Å². The molecule has 0 aliphatic rings. The molecular formula is C22H48N2O. The summed E-state index contributed by atoms with van der Waals surface area (Å²) in [5.41, 5.74) is 0. The third-order valence-electron chi connectivity index (χ3n) is 4.81. The lowest BCUT2D eigenvalue weighted by atomic mass is 10.2. The van der Waals surface area contributed by atoms with Crippen LogP contribution in [0.1, 0.15) is 92.9 Å². The first kappa shape index (κ1) is 24.9. The number of rotatable bonds is 18. The van der Waals surface area contributed by atoms with Gasteiger partial charge in [-0.05, 0) is 65.7 Å². The Morgan fingerprint density at radius 1 is 0.560 bits per heavy atom. The maximum Gasteiger partial charge on any atom is 0.0678 e. The molecule has 0 amide bonds. The Bertz CT molecular complexity index is 231. The molecule has 0 aliphatic heterocycles. The van der Waals surface area contributed by atoms with Gasteiger partial charge in [-0.2, -0.15) is 0 Å². The molecule has 152 valence electrons. The van der Waals surface area contributed by atoms with Gasteiger partial charge in [-0.15, -0.1) is 0 Å². The first-order valence-corrected chi connectivity index (χ1v) is 11.2. The van der Waals surface area contributed by atoms with Gasteiger partial charge in [-0.25, -0.2) is 0 Å². The molecule has 2 atom stereocenters. The van der Waals surface area contributed by atoms with E-state index < -0.39 is 0 Å². The maximum absolute atomic E-state index is 6.35. The standard InChI is InChI=1S/C22H48N2O/c1-7-11-15-23(16-12-8-2)19-21(5)25-22(6)20-24(17-13-9-3)18-14-10-4/h21-22H,7-20H2,1-6H3. The van der Waals surface area contributed by atoms with E-state index in [-0.39, 0.29) is 0 Å². The highest BCUT2D eigenvalue weighted by Gasteiger charge is 2.15. The summed E-state index contributed by atoms with van der Waals surface area (Å²) < 4.78 is 6.35. The van der Waals surface area contributed by atoms with Gasteiger partial charge in [0, 0.05) is 13.1 Å². The van der Waals surface area contributed by atoms with Crippen molar-refractivity contribution in [2.75, 3.05) is 39.3 Å². The van der Waals surface area contributed by atoms with Crippen LogP contribution in [0.15, 0.2) is 0 Å². The van der Waals surface area contributed by atoms with E-state index >= 15 is 0 Å². The van der Waals surface area contributed by atoms with E-state index in [1.54, 1.807) is 0 Å². The number of nitrogens with zero attached hydrogens (tertiary/aromatic N) is 2. The third kappa shape index (κ3) is 14.7. The monoisotopic (exact) mass is 356 g/mol. The van der Waals surface area contributed by atoms with E-state index in [1.807, 2.05) is 0 Å². The summed E-state index contributed by atoms with van der Waals surface area (Å²) in [4.78, 5) is 5.21. The van der Waals surface area contributed by atoms with Crippen molar-refractivity contribution in [2.24, 2.45) is 0 Å². The molecule has 0 saturated carbocycles. The Morgan fingerprint density at radius 3 is 1.08 bits per heavy atom. The fourth-order valence-electron chi connectivity index (χ4n) is 3.33. The van der Waals surface area contributed by atoms with Crippen LogP contribution in [0.5, 0.6) is 0 Å². The SMILES string of the molecule is CCCCN(CCCC)CC(C)OC(C)CN(CCCC)CCCC. The average Bonchev–Trinajstić information content (AvgIpc) is 2.59. The van der Waals surface area contributed by atoms with Crippen molar-refractivity contribution in [3.63, 3.8) is 0 Å². The van der Waals surface area contributed by atoms with E-state index in [0.29, 0.717) is 12.2 Å². The zero-order valence-corrected chi connectivity index (χ0v) is 18.4. The van der Waals surface area contributed by atoms with E-state index in [9.17, 15) is 0 Å². The van der Waals surface area contributed by atoms with Crippen LogP contribution in [0, 0.1) is 0 Å². The second-order valence-electron chi connectivity index (χ2n) is 7.77. The summed E-state index contributed by atoms with van der Waals surface area (Å²) in [5, 5.41) is 0. The molecule has 0 spiro atoms. The van der Waals surface area contributed by atoms with Gasteiger partial charge in [0.2, 0.25) is 0 Å². The Kier molecular flexibility index (Phi) is 17.2. The van der Waals surface area contributed by atoms with Gasteiger partial charge in [0.05, 0.1) is 12.2 Å². The van der Waals surface area contributed by atoms with Crippen molar-refractivity contribution in [3.8, 4) is 0 Å². The van der Waals surface area contributed by atoms with Gasteiger partial charge < -0.3 is 14.5 Å². The fraction of sp³-hybridized carbons (Fsp3) is 1.00. The topological polar surface area (TPSA) is 15.7 Å². The van der Waals surface area contributed by atoms with Gasteiger partial charge in [0.1, 0.15) is 0 Å². The van der Waals surface area contributed by atoms with Gasteiger partial charge in [-0.1, -0.05) is 53.4 Å². The minimum Gasteiger partial charge on any atom is -0.373 e. The molecule has 0 aromatic heterocycles. The van der Waals surface area contributed by atoms with Crippen molar-refractivity contribution in [1.29, 1.82) is 0 Å². The zero-order valence-electron chi connectivity index (χ0n) is 18.4. The number of unbranched alkanes of at least 4 members (excludes halogenated alkanes) is 4. The molecule has 0 saturated heterocycles. The van der Waals surface area contributed by atoms with Crippen LogP contribution in [0.3, 0.4) is 0 Å². The molecule has 0 heterocycles. The second-order valence-corrected chi connectivity index (χ2v) is 7.77. The number of hydrogen-bond acceptors (Lipinski definition) is 3. The van der Waals surface area contributed by atoms with Crippen molar-refractivity contribution in [1.82, 2.24) is 9.80 Å². The molecule has 0 aliphatic carbocycles. The number of hydrogen-bond donors (Lipinski definition) is 0. The summed E-state index contributed by atoms with van der Waals surface area (Å²) in [5.74, 6) is 0. The van der Waals surface area contributed by atoms with Crippen LogP contribution in [0.25, 0.3) is 0 Å². The number of ether oxygens (including phenoxy) is 1. The molecule has 0 bridgehead atoms. The molecule has 0 N–H and O–H groups in total. The predicted octanol–water partition coefficient (Wildman–Crippen LogP) is 5.58. The largest absolute Gasteiger partial charge is 0.373 e. The van der Waals surface area contributed by atoms with Gasteiger partial charge in [0.15, 0.2) is 0 Å². The highest BCUT2D eigenvalue weighted by molar-refractivity contribution is 4.68. The van der Waals surface area contributed by atoms with Crippen LogP contribution in [-0.2, 0) is 4.74 Å². The summed E-state index contributed by atoms with van der Waals surface area (Å²) in [6.07, 6.45) is 10.9. The zero-order chi connectivity index (χ0) is 18.9. The third-order valence-corrected chi connectivity index (χ3v) is 4.81. The van der Waals surface area contributed by atoms with Crippen molar-refractivity contribution >= 4 is 0 Å². The second kappa shape index (κ2) is 17.3. The lowest BCUT2D eigenvalue weighted by Gasteiger charge is -2.30. The maximum atomic E-state index is 6.35. The van der Waals surface area contributed by atoms with Gasteiger partial charge in [0.25, 0.3) is 0 Å². The molecule has 25 heavy (non-hydrogen) atoms. The molecule has 0 rings (SSSR count).